The number of anilines is 1. The lowest BCUT2D eigenvalue weighted by molar-refractivity contribution is 0.124. The SMILES string of the molecule is Cc1cccc(C)c1NC(=O)N(CCC#N)C1CCN(Cc2ccccc2)CC1. The highest BCUT2D eigenvalue weighted by Crippen LogP contribution is 2.23. The summed E-state index contributed by atoms with van der Waals surface area (Å²) in [6.07, 6.45) is 2.21. The Balaban J connectivity index is 1.63. The molecule has 0 atom stereocenters. The summed E-state index contributed by atoms with van der Waals surface area (Å²) < 4.78 is 0. The summed E-state index contributed by atoms with van der Waals surface area (Å²) in [5.74, 6) is 0. The third-order valence-electron chi connectivity index (χ3n) is 5.69. The zero-order valence-corrected chi connectivity index (χ0v) is 17.4. The molecule has 29 heavy (non-hydrogen) atoms. The van der Waals surface area contributed by atoms with Gasteiger partial charge in [-0.3, -0.25) is 4.90 Å². The predicted octanol–water partition coefficient (Wildman–Crippen LogP) is 4.72. The first-order valence-corrected chi connectivity index (χ1v) is 10.4. The number of carbonyl (C=O) groups is 1. The molecule has 0 saturated carbocycles. The van der Waals surface area contributed by atoms with Crippen LogP contribution in [0.25, 0.3) is 0 Å². The van der Waals surface area contributed by atoms with E-state index in [2.05, 4.69) is 40.6 Å². The fourth-order valence-corrected chi connectivity index (χ4v) is 4.04. The minimum atomic E-state index is -0.0980. The van der Waals surface area contributed by atoms with Crippen LogP contribution in [0, 0.1) is 25.2 Å². The number of nitrogens with one attached hydrogen (secondary N) is 1. The van der Waals surface area contributed by atoms with Gasteiger partial charge in [-0.2, -0.15) is 5.26 Å². The maximum absolute atomic E-state index is 13.1. The van der Waals surface area contributed by atoms with E-state index in [1.54, 1.807) is 0 Å². The van der Waals surface area contributed by atoms with Gasteiger partial charge in [-0.1, -0.05) is 48.5 Å². The van der Waals surface area contributed by atoms with E-state index in [9.17, 15) is 4.79 Å². The molecule has 2 aromatic carbocycles. The summed E-state index contributed by atoms with van der Waals surface area (Å²) in [5.41, 5.74) is 4.30. The van der Waals surface area contributed by atoms with Gasteiger partial charge in [0.25, 0.3) is 0 Å². The van der Waals surface area contributed by atoms with E-state index in [1.165, 1.54) is 5.56 Å². The van der Waals surface area contributed by atoms with Crippen molar-refractivity contribution in [2.24, 2.45) is 0 Å². The average molecular weight is 391 g/mol. The molecular weight excluding hydrogens is 360 g/mol. The summed E-state index contributed by atoms with van der Waals surface area (Å²) >= 11 is 0. The normalized spacial score (nSPS) is 14.9. The van der Waals surface area contributed by atoms with Crippen molar-refractivity contribution in [3.05, 3.63) is 65.2 Å². The molecule has 2 aromatic rings. The highest BCUT2D eigenvalue weighted by molar-refractivity contribution is 5.91. The third-order valence-corrected chi connectivity index (χ3v) is 5.69. The number of nitrogens with zero attached hydrogens (tertiary/aromatic N) is 3. The number of para-hydroxylation sites is 1. The van der Waals surface area contributed by atoms with E-state index < -0.39 is 0 Å². The van der Waals surface area contributed by atoms with Crippen molar-refractivity contribution in [2.45, 2.75) is 45.7 Å². The second-order valence-electron chi connectivity index (χ2n) is 7.79. The maximum atomic E-state index is 13.1. The number of amides is 2. The number of carbonyl (C=O) groups excluding carboxylic acids is 1. The number of urea groups is 1. The Hall–Kier alpha value is -2.84. The fourth-order valence-electron chi connectivity index (χ4n) is 4.04. The molecule has 0 spiro atoms. The van der Waals surface area contributed by atoms with Crippen LogP contribution in [-0.2, 0) is 6.54 Å². The molecule has 152 valence electrons. The number of hydrogen-bond acceptors (Lipinski definition) is 3. The molecular formula is C24H30N4O. The smallest absolute Gasteiger partial charge is 0.320 e. The number of rotatable bonds is 6. The Morgan fingerprint density at radius 1 is 1.10 bits per heavy atom. The second kappa shape index (κ2) is 10.1. The predicted molar refractivity (Wildman–Crippen MR) is 117 cm³/mol. The van der Waals surface area contributed by atoms with Crippen LogP contribution < -0.4 is 5.32 Å². The van der Waals surface area contributed by atoms with Gasteiger partial charge in [-0.25, -0.2) is 4.79 Å². The second-order valence-corrected chi connectivity index (χ2v) is 7.79. The molecule has 5 heteroatoms. The topological polar surface area (TPSA) is 59.4 Å². The van der Waals surface area contributed by atoms with E-state index in [1.807, 2.05) is 43.0 Å². The van der Waals surface area contributed by atoms with Crippen molar-refractivity contribution in [1.29, 1.82) is 5.26 Å². The molecule has 0 aliphatic carbocycles. The fraction of sp³-hybridized carbons (Fsp3) is 0.417. The standard InChI is InChI=1S/C24H30N4O/c1-19-8-6-9-20(2)23(19)26-24(29)28(15-7-14-25)22-12-16-27(17-13-22)18-21-10-4-3-5-11-21/h3-6,8-11,22H,7,12-13,15-18H2,1-2H3,(H,26,29). The molecule has 1 aliphatic heterocycles. The van der Waals surface area contributed by atoms with Gasteiger partial charge in [-0.05, 0) is 43.4 Å². The van der Waals surface area contributed by atoms with Crippen LogP contribution >= 0.6 is 0 Å². The summed E-state index contributed by atoms with van der Waals surface area (Å²) in [7, 11) is 0. The van der Waals surface area contributed by atoms with Gasteiger partial charge in [0.15, 0.2) is 0 Å². The van der Waals surface area contributed by atoms with Crippen molar-refractivity contribution in [1.82, 2.24) is 9.80 Å². The molecule has 0 unspecified atom stereocenters. The largest absolute Gasteiger partial charge is 0.322 e. The monoisotopic (exact) mass is 390 g/mol. The zero-order chi connectivity index (χ0) is 20.6. The number of likely N-dealkylation sites (tertiary alicyclic amines) is 1. The molecule has 1 aliphatic rings. The Bertz CT molecular complexity index is 831. The number of aryl methyl sites for hydroxylation is 2. The number of nitriles is 1. The first-order chi connectivity index (χ1) is 14.1. The van der Waals surface area contributed by atoms with Crippen LogP contribution in [0.2, 0.25) is 0 Å². The molecule has 1 heterocycles. The quantitative estimate of drug-likeness (QED) is 0.777. The minimum Gasteiger partial charge on any atom is -0.320 e. The zero-order valence-electron chi connectivity index (χ0n) is 17.4. The molecule has 1 saturated heterocycles. The van der Waals surface area contributed by atoms with Crippen molar-refractivity contribution >= 4 is 11.7 Å². The van der Waals surface area contributed by atoms with E-state index in [0.717, 1.165) is 49.3 Å². The van der Waals surface area contributed by atoms with Crippen LogP contribution in [0.4, 0.5) is 10.5 Å². The molecule has 5 nitrogen and oxygen atoms in total. The van der Waals surface area contributed by atoms with Crippen LogP contribution in [0.5, 0.6) is 0 Å². The van der Waals surface area contributed by atoms with Crippen LogP contribution in [0.3, 0.4) is 0 Å². The van der Waals surface area contributed by atoms with E-state index in [4.69, 9.17) is 5.26 Å². The van der Waals surface area contributed by atoms with Gasteiger partial charge >= 0.3 is 6.03 Å². The minimum absolute atomic E-state index is 0.0980. The van der Waals surface area contributed by atoms with Crippen molar-refractivity contribution in [3.8, 4) is 6.07 Å². The highest BCUT2D eigenvalue weighted by Gasteiger charge is 2.28. The molecule has 0 aromatic heterocycles. The Morgan fingerprint density at radius 3 is 2.38 bits per heavy atom. The van der Waals surface area contributed by atoms with Gasteiger partial charge in [-0.15, -0.1) is 0 Å². The lowest BCUT2D eigenvalue weighted by Crippen LogP contribution is -2.49. The third kappa shape index (κ3) is 5.58. The van der Waals surface area contributed by atoms with Gasteiger partial charge < -0.3 is 10.2 Å². The van der Waals surface area contributed by atoms with Gasteiger partial charge in [0.2, 0.25) is 0 Å². The maximum Gasteiger partial charge on any atom is 0.322 e. The summed E-state index contributed by atoms with van der Waals surface area (Å²) in [4.78, 5) is 17.4. The molecule has 0 radical (unpaired) electrons. The van der Waals surface area contributed by atoms with Gasteiger partial charge in [0.1, 0.15) is 0 Å². The highest BCUT2D eigenvalue weighted by atomic mass is 16.2. The van der Waals surface area contributed by atoms with Gasteiger partial charge in [0.05, 0.1) is 12.5 Å². The first kappa shape index (κ1) is 20.9. The summed E-state index contributed by atoms with van der Waals surface area (Å²) in [6.45, 7) is 7.34. The molecule has 3 rings (SSSR count). The number of benzene rings is 2. The van der Waals surface area contributed by atoms with Crippen LogP contribution in [0.15, 0.2) is 48.5 Å². The van der Waals surface area contributed by atoms with Crippen molar-refractivity contribution in [3.63, 3.8) is 0 Å². The van der Waals surface area contributed by atoms with Crippen molar-refractivity contribution in [2.75, 3.05) is 25.0 Å². The summed E-state index contributed by atoms with van der Waals surface area (Å²) in [5, 5.41) is 12.2. The van der Waals surface area contributed by atoms with E-state index in [0.29, 0.717) is 13.0 Å². The lowest BCUT2D eigenvalue weighted by Gasteiger charge is -2.38. The molecule has 2 amide bonds. The summed E-state index contributed by atoms with van der Waals surface area (Å²) in [6, 6.07) is 18.8. The van der Waals surface area contributed by atoms with Crippen LogP contribution in [-0.4, -0.2) is 41.5 Å². The lowest BCUT2D eigenvalue weighted by atomic mass is 10.0. The molecule has 0 bridgehead atoms. The first-order valence-electron chi connectivity index (χ1n) is 10.4. The van der Waals surface area contributed by atoms with Crippen LogP contribution in [0.1, 0.15) is 36.0 Å². The van der Waals surface area contributed by atoms with E-state index in [-0.39, 0.29) is 12.1 Å². The van der Waals surface area contributed by atoms with Crippen molar-refractivity contribution < 1.29 is 4.79 Å². The van der Waals surface area contributed by atoms with Gasteiger partial charge in [0, 0.05) is 37.9 Å². The molecule has 1 N–H and O–H groups in total. The number of hydrogen-bond donors (Lipinski definition) is 1. The number of piperidine rings is 1. The Morgan fingerprint density at radius 2 is 1.76 bits per heavy atom. The molecule has 1 fully saturated rings. The average Bonchev–Trinajstić information content (AvgIpc) is 2.73. The Kier molecular flexibility index (Phi) is 7.26. The van der Waals surface area contributed by atoms with E-state index >= 15 is 0 Å². The Labute approximate surface area is 173 Å².